The fourth-order valence-electron chi connectivity index (χ4n) is 2.19. The smallest absolute Gasteiger partial charge is 0.230 e. The second-order valence-corrected chi connectivity index (χ2v) is 7.07. The fraction of sp³-hybridized carbons (Fsp3) is 0.500. The molecule has 0 radical (unpaired) electrons. The van der Waals surface area contributed by atoms with Gasteiger partial charge in [0.2, 0.25) is 5.91 Å². The lowest BCUT2D eigenvalue weighted by Crippen LogP contribution is -2.41. The Balaban J connectivity index is 2.13. The number of aromatic nitrogens is 4. The second-order valence-electron chi connectivity index (χ2n) is 7.07. The van der Waals surface area contributed by atoms with Gasteiger partial charge in [-0.1, -0.05) is 6.07 Å². The summed E-state index contributed by atoms with van der Waals surface area (Å²) in [6, 6.07) is 3.52. The SMILES string of the molecule is CC(C)(C(=O)NCc1nnn(C(C)(C)C)n1)c1c(F)cccc1F. The molecule has 1 aromatic carbocycles. The molecule has 0 atom stereocenters. The van der Waals surface area contributed by atoms with E-state index in [4.69, 9.17) is 0 Å². The van der Waals surface area contributed by atoms with Crippen LogP contribution in [0.25, 0.3) is 0 Å². The zero-order chi connectivity index (χ0) is 18.1. The van der Waals surface area contributed by atoms with Crippen molar-refractivity contribution in [3.05, 3.63) is 41.2 Å². The van der Waals surface area contributed by atoms with E-state index in [1.165, 1.54) is 24.7 Å². The van der Waals surface area contributed by atoms with Crippen LogP contribution in [0.15, 0.2) is 18.2 Å². The van der Waals surface area contributed by atoms with Crippen molar-refractivity contribution in [3.8, 4) is 0 Å². The van der Waals surface area contributed by atoms with Crippen molar-refractivity contribution in [2.45, 2.75) is 52.1 Å². The number of hydrogen-bond acceptors (Lipinski definition) is 4. The predicted molar refractivity (Wildman–Crippen MR) is 84.0 cm³/mol. The maximum Gasteiger partial charge on any atom is 0.230 e. The van der Waals surface area contributed by atoms with E-state index in [-0.39, 0.29) is 17.6 Å². The monoisotopic (exact) mass is 337 g/mol. The molecule has 24 heavy (non-hydrogen) atoms. The van der Waals surface area contributed by atoms with E-state index in [1.807, 2.05) is 20.8 Å². The van der Waals surface area contributed by atoms with Gasteiger partial charge in [0.15, 0.2) is 5.82 Å². The molecule has 0 unspecified atom stereocenters. The summed E-state index contributed by atoms with van der Waals surface area (Å²) in [5.41, 5.74) is -1.98. The van der Waals surface area contributed by atoms with E-state index in [1.54, 1.807) is 0 Å². The first-order valence-electron chi connectivity index (χ1n) is 7.55. The van der Waals surface area contributed by atoms with Crippen LogP contribution < -0.4 is 5.32 Å². The minimum Gasteiger partial charge on any atom is -0.348 e. The molecule has 8 heteroatoms. The molecule has 1 amide bonds. The number of carbonyl (C=O) groups is 1. The number of hydrogen-bond donors (Lipinski definition) is 1. The molecular formula is C16H21F2N5O. The van der Waals surface area contributed by atoms with Crippen molar-refractivity contribution in [3.63, 3.8) is 0 Å². The van der Waals surface area contributed by atoms with Crippen molar-refractivity contribution in [2.75, 3.05) is 0 Å². The van der Waals surface area contributed by atoms with Gasteiger partial charge < -0.3 is 5.32 Å². The summed E-state index contributed by atoms with van der Waals surface area (Å²) in [7, 11) is 0. The van der Waals surface area contributed by atoms with Crippen LogP contribution in [-0.4, -0.2) is 26.1 Å². The highest BCUT2D eigenvalue weighted by molar-refractivity contribution is 5.87. The number of carbonyl (C=O) groups excluding carboxylic acids is 1. The second kappa shape index (κ2) is 6.26. The molecular weight excluding hydrogens is 316 g/mol. The lowest BCUT2D eigenvalue weighted by atomic mass is 9.83. The Labute approximate surface area is 139 Å². The third-order valence-corrected chi connectivity index (χ3v) is 3.62. The molecule has 6 nitrogen and oxygen atoms in total. The summed E-state index contributed by atoms with van der Waals surface area (Å²) in [6.07, 6.45) is 0. The van der Waals surface area contributed by atoms with Crippen molar-refractivity contribution < 1.29 is 13.6 Å². The summed E-state index contributed by atoms with van der Waals surface area (Å²) in [6.45, 7) is 8.70. The molecule has 0 saturated carbocycles. The molecule has 0 aliphatic carbocycles. The Hall–Kier alpha value is -2.38. The largest absolute Gasteiger partial charge is 0.348 e. The Morgan fingerprint density at radius 1 is 1.17 bits per heavy atom. The molecule has 0 spiro atoms. The highest BCUT2D eigenvalue weighted by Crippen LogP contribution is 2.28. The number of tetrazole rings is 1. The summed E-state index contributed by atoms with van der Waals surface area (Å²) in [4.78, 5) is 13.9. The number of amides is 1. The topological polar surface area (TPSA) is 72.7 Å². The zero-order valence-electron chi connectivity index (χ0n) is 14.4. The van der Waals surface area contributed by atoms with Gasteiger partial charge in [-0.15, -0.1) is 10.2 Å². The Morgan fingerprint density at radius 3 is 2.25 bits per heavy atom. The fourth-order valence-corrected chi connectivity index (χ4v) is 2.19. The molecule has 0 bridgehead atoms. The minimum absolute atomic E-state index is 0.0222. The minimum atomic E-state index is -1.38. The first-order chi connectivity index (χ1) is 11.0. The van der Waals surface area contributed by atoms with Crippen molar-refractivity contribution in [2.24, 2.45) is 0 Å². The first-order valence-corrected chi connectivity index (χ1v) is 7.55. The average molecular weight is 337 g/mol. The zero-order valence-corrected chi connectivity index (χ0v) is 14.4. The Kier molecular flexibility index (Phi) is 4.68. The lowest BCUT2D eigenvalue weighted by Gasteiger charge is -2.24. The van der Waals surface area contributed by atoms with Gasteiger partial charge in [-0.05, 0) is 52.0 Å². The molecule has 2 aromatic rings. The van der Waals surface area contributed by atoms with Gasteiger partial charge in [0.05, 0.1) is 17.5 Å². The van der Waals surface area contributed by atoms with Gasteiger partial charge in [0.25, 0.3) is 0 Å². The number of nitrogens with one attached hydrogen (secondary N) is 1. The summed E-state index contributed by atoms with van der Waals surface area (Å²) >= 11 is 0. The molecule has 1 heterocycles. The van der Waals surface area contributed by atoms with Crippen molar-refractivity contribution in [1.82, 2.24) is 25.5 Å². The average Bonchev–Trinajstić information content (AvgIpc) is 2.93. The highest BCUT2D eigenvalue weighted by Gasteiger charge is 2.35. The van der Waals surface area contributed by atoms with E-state index in [0.29, 0.717) is 5.82 Å². The van der Waals surface area contributed by atoms with E-state index in [9.17, 15) is 13.6 Å². The maximum absolute atomic E-state index is 13.9. The Morgan fingerprint density at radius 2 is 1.75 bits per heavy atom. The first kappa shape index (κ1) is 18.0. The number of halogens is 2. The summed E-state index contributed by atoms with van der Waals surface area (Å²) in [5.74, 6) is -1.72. The van der Waals surface area contributed by atoms with E-state index in [2.05, 4.69) is 20.7 Å². The van der Waals surface area contributed by atoms with Gasteiger partial charge in [0.1, 0.15) is 11.6 Å². The normalized spacial score (nSPS) is 12.3. The van der Waals surface area contributed by atoms with Crippen LogP contribution in [0.1, 0.15) is 46.0 Å². The Bertz CT molecular complexity index is 729. The van der Waals surface area contributed by atoms with Crippen LogP contribution >= 0.6 is 0 Å². The van der Waals surface area contributed by atoms with Gasteiger partial charge in [-0.2, -0.15) is 4.80 Å². The molecule has 2 rings (SSSR count). The third-order valence-electron chi connectivity index (χ3n) is 3.62. The highest BCUT2D eigenvalue weighted by atomic mass is 19.1. The van der Waals surface area contributed by atoms with Crippen molar-refractivity contribution in [1.29, 1.82) is 0 Å². The van der Waals surface area contributed by atoms with Crippen molar-refractivity contribution >= 4 is 5.91 Å². The maximum atomic E-state index is 13.9. The molecule has 1 N–H and O–H groups in total. The van der Waals surface area contributed by atoms with Crippen LogP contribution in [0.4, 0.5) is 8.78 Å². The van der Waals surface area contributed by atoms with Crippen LogP contribution in [0.5, 0.6) is 0 Å². The number of nitrogens with zero attached hydrogens (tertiary/aromatic N) is 4. The van der Waals surface area contributed by atoms with Gasteiger partial charge in [-0.3, -0.25) is 4.79 Å². The molecule has 0 saturated heterocycles. The van der Waals surface area contributed by atoms with Gasteiger partial charge in [-0.25, -0.2) is 8.78 Å². The van der Waals surface area contributed by atoms with Gasteiger partial charge >= 0.3 is 0 Å². The standard InChI is InChI=1S/C16H21F2N5O/c1-15(2,3)23-21-12(20-22-23)9-19-14(24)16(4,5)13-10(17)7-6-8-11(13)18/h6-8H,9H2,1-5H3,(H,19,24). The third kappa shape index (κ3) is 3.58. The van der Waals surface area contributed by atoms with Crippen LogP contribution in [0.3, 0.4) is 0 Å². The lowest BCUT2D eigenvalue weighted by molar-refractivity contribution is -0.126. The summed E-state index contributed by atoms with van der Waals surface area (Å²) < 4.78 is 27.9. The van der Waals surface area contributed by atoms with Crippen LogP contribution in [-0.2, 0) is 22.3 Å². The molecule has 1 aromatic heterocycles. The van der Waals surface area contributed by atoms with Crippen LogP contribution in [0, 0.1) is 11.6 Å². The number of benzene rings is 1. The molecule has 0 aliphatic heterocycles. The molecule has 0 aliphatic rings. The number of rotatable bonds is 4. The van der Waals surface area contributed by atoms with Gasteiger partial charge in [0, 0.05) is 5.56 Å². The summed E-state index contributed by atoms with van der Waals surface area (Å²) in [5, 5.41) is 14.6. The van der Waals surface area contributed by atoms with E-state index >= 15 is 0 Å². The molecule has 130 valence electrons. The predicted octanol–water partition coefficient (Wildman–Crippen LogP) is 2.30. The molecule has 0 fully saturated rings. The van der Waals surface area contributed by atoms with E-state index in [0.717, 1.165) is 12.1 Å². The quantitative estimate of drug-likeness (QED) is 0.929. The van der Waals surface area contributed by atoms with Crippen LogP contribution in [0.2, 0.25) is 0 Å². The van der Waals surface area contributed by atoms with E-state index < -0.39 is 23.0 Å².